The van der Waals surface area contributed by atoms with Gasteiger partial charge in [0.1, 0.15) is 5.82 Å². The Labute approximate surface area is 143 Å². The molecule has 0 aliphatic rings. The van der Waals surface area contributed by atoms with Crippen LogP contribution in [0.5, 0.6) is 0 Å². The highest BCUT2D eigenvalue weighted by Gasteiger charge is 2.11. The number of nitrogens with zero attached hydrogens (tertiary/aromatic N) is 3. The number of aliphatic hydroxyl groups excluding tert-OH is 1. The van der Waals surface area contributed by atoms with E-state index in [1.54, 1.807) is 12.1 Å². The smallest absolute Gasteiger partial charge is 0.273 e. The molecule has 25 heavy (non-hydrogen) atoms. The zero-order valence-electron chi connectivity index (χ0n) is 13.4. The Morgan fingerprint density at radius 3 is 2.44 bits per heavy atom. The monoisotopic (exact) mass is 340 g/mol. The van der Waals surface area contributed by atoms with Gasteiger partial charge in [-0.05, 0) is 41.8 Å². The average molecular weight is 340 g/mol. The van der Waals surface area contributed by atoms with Gasteiger partial charge >= 0.3 is 0 Å². The van der Waals surface area contributed by atoms with Crippen molar-refractivity contribution in [1.29, 1.82) is 0 Å². The van der Waals surface area contributed by atoms with Crippen molar-refractivity contribution >= 4 is 5.91 Å². The van der Waals surface area contributed by atoms with Gasteiger partial charge in [0.05, 0.1) is 18.5 Å². The summed E-state index contributed by atoms with van der Waals surface area (Å²) in [5, 5.41) is 19.5. The maximum atomic E-state index is 12.9. The van der Waals surface area contributed by atoms with E-state index < -0.39 is 0 Å². The van der Waals surface area contributed by atoms with Gasteiger partial charge in [-0.1, -0.05) is 29.5 Å². The van der Waals surface area contributed by atoms with E-state index in [1.807, 2.05) is 24.3 Å². The van der Waals surface area contributed by atoms with Gasteiger partial charge in [-0.3, -0.25) is 4.79 Å². The number of aromatic nitrogens is 3. The van der Waals surface area contributed by atoms with Crippen molar-refractivity contribution in [2.75, 3.05) is 6.54 Å². The highest BCUT2D eigenvalue weighted by Crippen LogP contribution is 2.08. The molecule has 0 radical (unpaired) electrons. The zero-order chi connectivity index (χ0) is 17.6. The number of hydrogen-bond acceptors (Lipinski definition) is 4. The van der Waals surface area contributed by atoms with Gasteiger partial charge in [-0.2, -0.15) is 0 Å². The van der Waals surface area contributed by atoms with Gasteiger partial charge in [-0.25, -0.2) is 9.07 Å². The minimum atomic E-state index is -0.339. The van der Waals surface area contributed by atoms with Crippen molar-refractivity contribution in [3.8, 4) is 5.69 Å². The van der Waals surface area contributed by atoms with Crippen molar-refractivity contribution in [1.82, 2.24) is 20.3 Å². The van der Waals surface area contributed by atoms with E-state index in [4.69, 9.17) is 5.11 Å². The molecule has 3 rings (SSSR count). The number of carbonyl (C=O) groups is 1. The molecule has 0 unspecified atom stereocenters. The molecule has 2 N–H and O–H groups in total. The number of nitrogens with one attached hydrogen (secondary N) is 1. The average Bonchev–Trinajstić information content (AvgIpc) is 3.13. The molecule has 7 heteroatoms. The zero-order valence-corrected chi connectivity index (χ0v) is 13.4. The molecule has 0 spiro atoms. The van der Waals surface area contributed by atoms with Crippen LogP contribution in [0, 0.1) is 5.82 Å². The molecular formula is C18H17FN4O2. The number of benzene rings is 2. The van der Waals surface area contributed by atoms with E-state index in [1.165, 1.54) is 23.0 Å². The van der Waals surface area contributed by atoms with Crippen LogP contribution in [0.1, 0.15) is 21.6 Å². The Bertz CT molecular complexity index is 844. The van der Waals surface area contributed by atoms with Crippen LogP contribution in [-0.4, -0.2) is 32.6 Å². The van der Waals surface area contributed by atoms with E-state index in [-0.39, 0.29) is 24.0 Å². The standard InChI is InChI=1S/C18H17FN4O2/c19-15-5-7-16(8-6-15)23-11-17(21-22-23)18(25)20-10-9-13-1-3-14(12-24)4-2-13/h1-8,11,24H,9-10,12H2,(H,20,25). The summed E-state index contributed by atoms with van der Waals surface area (Å²) in [4.78, 5) is 12.1. The maximum absolute atomic E-state index is 12.9. The molecule has 0 saturated carbocycles. The Hall–Kier alpha value is -3.06. The number of halogens is 1. The van der Waals surface area contributed by atoms with E-state index in [0.717, 1.165) is 11.1 Å². The van der Waals surface area contributed by atoms with Crippen LogP contribution in [0.3, 0.4) is 0 Å². The highest BCUT2D eigenvalue weighted by atomic mass is 19.1. The van der Waals surface area contributed by atoms with E-state index >= 15 is 0 Å². The van der Waals surface area contributed by atoms with Crippen LogP contribution in [0.4, 0.5) is 4.39 Å². The van der Waals surface area contributed by atoms with E-state index in [2.05, 4.69) is 15.6 Å². The SMILES string of the molecule is O=C(NCCc1ccc(CO)cc1)c1cn(-c2ccc(F)cc2)nn1. The molecule has 0 aliphatic heterocycles. The van der Waals surface area contributed by atoms with Crippen LogP contribution in [-0.2, 0) is 13.0 Å². The van der Waals surface area contributed by atoms with Crippen molar-refractivity contribution in [2.24, 2.45) is 0 Å². The summed E-state index contributed by atoms with van der Waals surface area (Å²) < 4.78 is 14.4. The Balaban J connectivity index is 1.55. The molecule has 0 atom stereocenters. The summed E-state index contributed by atoms with van der Waals surface area (Å²) >= 11 is 0. The van der Waals surface area contributed by atoms with Gasteiger partial charge < -0.3 is 10.4 Å². The predicted molar refractivity (Wildman–Crippen MR) is 89.7 cm³/mol. The number of hydrogen-bond donors (Lipinski definition) is 2. The maximum Gasteiger partial charge on any atom is 0.273 e. The predicted octanol–water partition coefficient (Wildman–Crippen LogP) is 1.87. The van der Waals surface area contributed by atoms with Crippen molar-refractivity contribution < 1.29 is 14.3 Å². The molecule has 1 aromatic heterocycles. The first kappa shape index (κ1) is 16.8. The molecule has 2 aromatic carbocycles. The summed E-state index contributed by atoms with van der Waals surface area (Å²) in [7, 11) is 0. The molecule has 3 aromatic rings. The molecule has 0 saturated heterocycles. The first-order valence-corrected chi connectivity index (χ1v) is 7.81. The molecule has 0 fully saturated rings. The Morgan fingerprint density at radius 2 is 1.76 bits per heavy atom. The van der Waals surface area contributed by atoms with Gasteiger partial charge in [0.2, 0.25) is 0 Å². The second-order valence-electron chi connectivity index (χ2n) is 5.51. The highest BCUT2D eigenvalue weighted by molar-refractivity contribution is 5.91. The molecule has 1 heterocycles. The molecule has 128 valence electrons. The fourth-order valence-corrected chi connectivity index (χ4v) is 2.31. The van der Waals surface area contributed by atoms with Crippen molar-refractivity contribution in [3.63, 3.8) is 0 Å². The van der Waals surface area contributed by atoms with Gasteiger partial charge in [0.15, 0.2) is 5.69 Å². The fourth-order valence-electron chi connectivity index (χ4n) is 2.31. The Morgan fingerprint density at radius 1 is 1.08 bits per heavy atom. The summed E-state index contributed by atoms with van der Waals surface area (Å²) in [5.74, 6) is -0.658. The third-order valence-corrected chi connectivity index (χ3v) is 3.72. The van der Waals surface area contributed by atoms with Crippen LogP contribution >= 0.6 is 0 Å². The second kappa shape index (κ2) is 7.67. The lowest BCUT2D eigenvalue weighted by Crippen LogP contribution is -2.26. The Kier molecular flexibility index (Phi) is 5.15. The van der Waals surface area contributed by atoms with E-state index in [0.29, 0.717) is 18.7 Å². The van der Waals surface area contributed by atoms with Crippen molar-refractivity contribution in [3.05, 3.63) is 77.4 Å². The summed E-state index contributed by atoms with van der Waals surface area (Å²) in [6.07, 6.45) is 2.17. The largest absolute Gasteiger partial charge is 0.392 e. The number of aliphatic hydroxyl groups is 1. The van der Waals surface area contributed by atoms with Crippen LogP contribution in [0.25, 0.3) is 5.69 Å². The first-order chi connectivity index (χ1) is 12.2. The molecular weight excluding hydrogens is 323 g/mol. The minimum absolute atomic E-state index is 0.0146. The van der Waals surface area contributed by atoms with Gasteiger partial charge in [-0.15, -0.1) is 5.10 Å². The fraction of sp³-hybridized carbons (Fsp3) is 0.167. The number of rotatable bonds is 6. The quantitative estimate of drug-likeness (QED) is 0.718. The lowest BCUT2D eigenvalue weighted by molar-refractivity contribution is 0.0949. The van der Waals surface area contributed by atoms with Crippen LogP contribution in [0.15, 0.2) is 54.7 Å². The summed E-state index contributed by atoms with van der Waals surface area (Å²) in [6.45, 7) is 0.474. The summed E-state index contributed by atoms with van der Waals surface area (Å²) in [5.41, 5.74) is 2.73. The normalized spacial score (nSPS) is 10.6. The lowest BCUT2D eigenvalue weighted by atomic mass is 10.1. The molecule has 0 bridgehead atoms. The number of carbonyl (C=O) groups excluding carboxylic acids is 1. The number of amides is 1. The second-order valence-corrected chi connectivity index (χ2v) is 5.51. The van der Waals surface area contributed by atoms with E-state index in [9.17, 15) is 9.18 Å². The van der Waals surface area contributed by atoms with Crippen LogP contribution < -0.4 is 5.32 Å². The minimum Gasteiger partial charge on any atom is -0.392 e. The molecule has 1 amide bonds. The van der Waals surface area contributed by atoms with Gasteiger partial charge in [0, 0.05) is 6.54 Å². The van der Waals surface area contributed by atoms with Gasteiger partial charge in [0.25, 0.3) is 5.91 Å². The topological polar surface area (TPSA) is 80.0 Å². The van der Waals surface area contributed by atoms with Crippen molar-refractivity contribution in [2.45, 2.75) is 13.0 Å². The first-order valence-electron chi connectivity index (χ1n) is 7.81. The third-order valence-electron chi connectivity index (χ3n) is 3.72. The van der Waals surface area contributed by atoms with Crippen LogP contribution in [0.2, 0.25) is 0 Å². The molecule has 6 nitrogen and oxygen atoms in total. The molecule has 0 aliphatic carbocycles. The summed E-state index contributed by atoms with van der Waals surface area (Å²) in [6, 6.07) is 13.3. The lowest BCUT2D eigenvalue weighted by Gasteiger charge is -2.04. The third kappa shape index (κ3) is 4.27.